The Labute approximate surface area is 135 Å². The Balaban J connectivity index is 1.37. The normalized spacial score (nSPS) is 16.1. The second-order valence-electron chi connectivity index (χ2n) is 6.28. The van der Waals surface area contributed by atoms with Crippen LogP contribution in [0.4, 0.5) is 5.82 Å². The lowest BCUT2D eigenvalue weighted by Gasteiger charge is -2.33. The summed E-state index contributed by atoms with van der Waals surface area (Å²) in [6.07, 6.45) is 8.38. The number of hydrogen-bond donors (Lipinski definition) is 1. The number of aromatic amines is 1. The van der Waals surface area contributed by atoms with Gasteiger partial charge in [0.1, 0.15) is 12.1 Å². The Hall–Kier alpha value is -2.43. The number of benzene rings is 1. The van der Waals surface area contributed by atoms with Crippen LogP contribution in [0.25, 0.3) is 11.0 Å². The van der Waals surface area contributed by atoms with Gasteiger partial charge >= 0.3 is 0 Å². The van der Waals surface area contributed by atoms with Crippen LogP contribution in [-0.4, -0.2) is 33.3 Å². The van der Waals surface area contributed by atoms with Crippen molar-refractivity contribution in [3.63, 3.8) is 0 Å². The maximum absolute atomic E-state index is 4.48. The molecular weight excluding hydrogens is 286 g/mol. The second kappa shape index (κ2) is 6.36. The topological polar surface area (TPSA) is 57.7 Å². The van der Waals surface area contributed by atoms with E-state index in [0.29, 0.717) is 0 Å². The average molecular weight is 307 g/mol. The number of aromatic nitrogens is 4. The molecular formula is C18H21N5. The molecule has 1 N–H and O–H groups in total. The first-order valence-electron chi connectivity index (χ1n) is 8.33. The van der Waals surface area contributed by atoms with Gasteiger partial charge in [-0.25, -0.2) is 9.97 Å². The number of aryl methyl sites for hydroxylation is 1. The highest BCUT2D eigenvalue weighted by molar-refractivity contribution is 5.86. The summed E-state index contributed by atoms with van der Waals surface area (Å²) in [7, 11) is 0. The van der Waals surface area contributed by atoms with Crippen LogP contribution >= 0.6 is 0 Å². The van der Waals surface area contributed by atoms with Gasteiger partial charge in [-0.05, 0) is 37.2 Å². The van der Waals surface area contributed by atoms with Crippen LogP contribution < -0.4 is 4.90 Å². The van der Waals surface area contributed by atoms with Crippen molar-refractivity contribution in [2.75, 3.05) is 18.0 Å². The van der Waals surface area contributed by atoms with E-state index in [4.69, 9.17) is 0 Å². The molecule has 1 aromatic carbocycles. The minimum Gasteiger partial charge on any atom is -0.356 e. The van der Waals surface area contributed by atoms with Crippen LogP contribution in [0.2, 0.25) is 0 Å². The summed E-state index contributed by atoms with van der Waals surface area (Å²) in [5, 5.41) is 8.02. The summed E-state index contributed by atoms with van der Waals surface area (Å²) in [5.41, 5.74) is 2.27. The predicted molar refractivity (Wildman–Crippen MR) is 91.4 cm³/mol. The Bertz CT molecular complexity index is 759. The minimum atomic E-state index is 0.813. The van der Waals surface area contributed by atoms with E-state index in [2.05, 4.69) is 55.4 Å². The van der Waals surface area contributed by atoms with Gasteiger partial charge in [-0.2, -0.15) is 5.10 Å². The molecule has 118 valence electrons. The molecule has 1 aliphatic heterocycles. The summed E-state index contributed by atoms with van der Waals surface area (Å²) in [6, 6.07) is 10.8. The molecule has 23 heavy (non-hydrogen) atoms. The van der Waals surface area contributed by atoms with E-state index in [-0.39, 0.29) is 0 Å². The lowest BCUT2D eigenvalue weighted by molar-refractivity contribution is 0.381. The maximum atomic E-state index is 4.48. The molecule has 1 aliphatic rings. The number of rotatable bonds is 4. The lowest BCUT2D eigenvalue weighted by Crippen LogP contribution is -2.34. The van der Waals surface area contributed by atoms with Crippen LogP contribution in [0.15, 0.2) is 42.9 Å². The number of nitrogens with zero attached hydrogens (tertiary/aromatic N) is 4. The van der Waals surface area contributed by atoms with E-state index in [9.17, 15) is 0 Å². The van der Waals surface area contributed by atoms with E-state index in [1.165, 1.54) is 31.2 Å². The quantitative estimate of drug-likeness (QED) is 0.804. The number of H-pyrrole nitrogens is 1. The Morgan fingerprint density at radius 2 is 1.91 bits per heavy atom. The fourth-order valence-corrected chi connectivity index (χ4v) is 3.45. The molecule has 5 nitrogen and oxygen atoms in total. The molecule has 0 aliphatic carbocycles. The van der Waals surface area contributed by atoms with Gasteiger partial charge in [0, 0.05) is 13.1 Å². The van der Waals surface area contributed by atoms with Gasteiger partial charge in [0.2, 0.25) is 0 Å². The molecule has 1 fully saturated rings. The van der Waals surface area contributed by atoms with Crippen molar-refractivity contribution in [1.82, 2.24) is 20.2 Å². The van der Waals surface area contributed by atoms with Crippen molar-refractivity contribution in [3.8, 4) is 0 Å². The number of hydrogen-bond acceptors (Lipinski definition) is 4. The zero-order valence-corrected chi connectivity index (χ0v) is 13.2. The molecule has 0 radical (unpaired) electrons. The van der Waals surface area contributed by atoms with E-state index < -0.39 is 0 Å². The molecule has 0 atom stereocenters. The Kier molecular flexibility index (Phi) is 3.92. The summed E-state index contributed by atoms with van der Waals surface area (Å²) in [4.78, 5) is 11.1. The summed E-state index contributed by atoms with van der Waals surface area (Å²) in [6.45, 7) is 2.13. The number of nitrogens with one attached hydrogen (secondary N) is 1. The minimum absolute atomic E-state index is 0.813. The van der Waals surface area contributed by atoms with Crippen molar-refractivity contribution >= 4 is 16.9 Å². The number of anilines is 1. The van der Waals surface area contributed by atoms with E-state index >= 15 is 0 Å². The number of fused-ring (bicyclic) bond motifs is 1. The highest BCUT2D eigenvalue weighted by atomic mass is 15.2. The summed E-state index contributed by atoms with van der Waals surface area (Å²) in [5.74, 6) is 1.83. The van der Waals surface area contributed by atoms with Crippen LogP contribution in [0.3, 0.4) is 0 Å². The highest BCUT2D eigenvalue weighted by Crippen LogP contribution is 2.28. The number of piperidine rings is 1. The molecule has 4 rings (SSSR count). The molecule has 0 unspecified atom stereocenters. The largest absolute Gasteiger partial charge is 0.356 e. The van der Waals surface area contributed by atoms with Gasteiger partial charge in [0.05, 0.1) is 11.6 Å². The smallest absolute Gasteiger partial charge is 0.160 e. The van der Waals surface area contributed by atoms with Gasteiger partial charge < -0.3 is 4.90 Å². The Morgan fingerprint density at radius 3 is 2.74 bits per heavy atom. The average Bonchev–Trinajstić information content (AvgIpc) is 3.10. The monoisotopic (exact) mass is 307 g/mol. The van der Waals surface area contributed by atoms with Crippen molar-refractivity contribution in [2.45, 2.75) is 25.7 Å². The molecule has 0 spiro atoms. The van der Waals surface area contributed by atoms with Gasteiger partial charge in [0.25, 0.3) is 0 Å². The van der Waals surface area contributed by atoms with Gasteiger partial charge in [-0.3, -0.25) is 5.10 Å². The third-order valence-corrected chi connectivity index (χ3v) is 4.83. The molecule has 3 aromatic rings. The van der Waals surface area contributed by atoms with Gasteiger partial charge in [0.15, 0.2) is 5.65 Å². The standard InChI is InChI=1S/C18H21N5/c1-2-4-14(5-3-1)6-7-15-8-10-23(11-9-15)18-16-12-21-22-17(16)19-13-20-18/h1-5,12-13,15H,6-11H2,(H,19,20,21,22). The molecule has 3 heterocycles. The molecule has 0 saturated carbocycles. The molecule has 0 bridgehead atoms. The van der Waals surface area contributed by atoms with E-state index in [0.717, 1.165) is 35.9 Å². The maximum Gasteiger partial charge on any atom is 0.160 e. The fraction of sp³-hybridized carbons (Fsp3) is 0.389. The molecule has 0 amide bonds. The second-order valence-corrected chi connectivity index (χ2v) is 6.28. The first-order valence-corrected chi connectivity index (χ1v) is 8.33. The van der Waals surface area contributed by atoms with Crippen LogP contribution in [0, 0.1) is 5.92 Å². The van der Waals surface area contributed by atoms with Crippen molar-refractivity contribution < 1.29 is 0 Å². The van der Waals surface area contributed by atoms with Gasteiger partial charge in [-0.15, -0.1) is 0 Å². The third-order valence-electron chi connectivity index (χ3n) is 4.83. The van der Waals surface area contributed by atoms with E-state index in [1.54, 1.807) is 6.33 Å². The first-order chi connectivity index (χ1) is 11.4. The zero-order chi connectivity index (χ0) is 15.5. The summed E-state index contributed by atoms with van der Waals surface area (Å²) < 4.78 is 0. The predicted octanol–water partition coefficient (Wildman–Crippen LogP) is 3.20. The van der Waals surface area contributed by atoms with Crippen molar-refractivity contribution in [2.24, 2.45) is 5.92 Å². The zero-order valence-electron chi connectivity index (χ0n) is 13.2. The lowest BCUT2D eigenvalue weighted by atomic mass is 9.90. The molecule has 1 saturated heterocycles. The van der Waals surface area contributed by atoms with Gasteiger partial charge in [-0.1, -0.05) is 30.3 Å². The SMILES string of the molecule is c1ccc(CCC2CCN(c3ncnc4[nH]ncc34)CC2)cc1. The van der Waals surface area contributed by atoms with Crippen molar-refractivity contribution in [3.05, 3.63) is 48.4 Å². The van der Waals surface area contributed by atoms with Crippen molar-refractivity contribution in [1.29, 1.82) is 0 Å². The van der Waals surface area contributed by atoms with Crippen LogP contribution in [0.5, 0.6) is 0 Å². The summed E-state index contributed by atoms with van der Waals surface area (Å²) >= 11 is 0. The fourth-order valence-electron chi connectivity index (χ4n) is 3.45. The molecule has 5 heteroatoms. The first kappa shape index (κ1) is 14.2. The Morgan fingerprint density at radius 1 is 1.09 bits per heavy atom. The van der Waals surface area contributed by atoms with E-state index in [1.807, 2.05) is 6.20 Å². The van der Waals surface area contributed by atoms with Crippen LogP contribution in [0.1, 0.15) is 24.8 Å². The molecule has 2 aromatic heterocycles. The third kappa shape index (κ3) is 3.04. The highest BCUT2D eigenvalue weighted by Gasteiger charge is 2.21. The van der Waals surface area contributed by atoms with Crippen LogP contribution in [-0.2, 0) is 6.42 Å².